The molecule has 12 heteroatoms. The third kappa shape index (κ3) is 10.5. The number of hydrogen-bond acceptors (Lipinski definition) is 6. The van der Waals surface area contributed by atoms with Gasteiger partial charge >= 0.3 is 0 Å². The number of carbonyl (C=O) groups is 6. The van der Waals surface area contributed by atoms with Crippen molar-refractivity contribution in [2.45, 2.75) is 87.9 Å². The summed E-state index contributed by atoms with van der Waals surface area (Å²) in [5.74, 6) is -3.28. The predicted molar refractivity (Wildman–Crippen MR) is 257 cm³/mol. The van der Waals surface area contributed by atoms with Gasteiger partial charge in [0, 0.05) is 51.6 Å². The third-order valence-corrected chi connectivity index (χ3v) is 13.3. The second-order valence-electron chi connectivity index (χ2n) is 17.9. The summed E-state index contributed by atoms with van der Waals surface area (Å²) < 4.78 is 0. The van der Waals surface area contributed by atoms with E-state index in [1.165, 1.54) is 9.80 Å². The summed E-state index contributed by atoms with van der Waals surface area (Å²) in [4.78, 5) is 93.6. The highest BCUT2D eigenvalue weighted by molar-refractivity contribution is 5.99. The Balaban J connectivity index is 1.16. The maximum atomic E-state index is 15.3. The van der Waals surface area contributed by atoms with Crippen LogP contribution in [-0.4, -0.2) is 81.5 Å². The smallest absolute Gasteiger partial charge is 0.246 e. The van der Waals surface area contributed by atoms with E-state index >= 15 is 19.2 Å². The zero-order chi connectivity index (χ0) is 47.0. The lowest BCUT2D eigenvalue weighted by Gasteiger charge is -2.40. The van der Waals surface area contributed by atoms with Crippen LogP contribution in [0.5, 0.6) is 0 Å². The Labute approximate surface area is 396 Å². The summed E-state index contributed by atoms with van der Waals surface area (Å²) in [5, 5.41) is 12.1. The SMILES string of the molecule is O=C1NC(Cc2ccccc2)C(=O)N2Cc3ccccc3CC2C(=O)NC(Cc2ccccc2)C(=O)NC(Cc2ccccc2)C(=O)N2Cc3ccccc3CC2C(=O)NC1Cc1ccccc1. The lowest BCUT2D eigenvalue weighted by atomic mass is 9.91. The molecule has 6 atom stereocenters. The minimum atomic E-state index is -1.18. The van der Waals surface area contributed by atoms with Crippen molar-refractivity contribution in [1.29, 1.82) is 0 Å². The number of carbonyl (C=O) groups excluding carboxylic acids is 6. The highest BCUT2D eigenvalue weighted by Crippen LogP contribution is 2.28. The van der Waals surface area contributed by atoms with Crippen molar-refractivity contribution in [3.8, 4) is 0 Å². The molecule has 1 saturated heterocycles. The van der Waals surface area contributed by atoms with Crippen molar-refractivity contribution in [2.24, 2.45) is 0 Å². The fourth-order valence-corrected chi connectivity index (χ4v) is 9.68. The summed E-state index contributed by atoms with van der Waals surface area (Å²) in [6.45, 7) is 0.140. The number of fused-ring (bicyclic) bond motifs is 4. The van der Waals surface area contributed by atoms with E-state index < -0.39 is 71.7 Å². The Morgan fingerprint density at radius 1 is 0.324 bits per heavy atom. The molecule has 0 bridgehead atoms. The summed E-state index contributed by atoms with van der Waals surface area (Å²) in [5.41, 5.74) is 6.54. The summed E-state index contributed by atoms with van der Waals surface area (Å²) in [7, 11) is 0. The lowest BCUT2D eigenvalue weighted by Crippen LogP contribution is -2.64. The van der Waals surface area contributed by atoms with Gasteiger partial charge in [-0.1, -0.05) is 170 Å². The summed E-state index contributed by atoms with van der Waals surface area (Å²) in [6.07, 6.45) is 0.651. The monoisotopic (exact) mass is 906 g/mol. The van der Waals surface area contributed by atoms with E-state index in [0.717, 1.165) is 44.5 Å². The average Bonchev–Trinajstić information content (AvgIpc) is 3.37. The number of hydrogen-bond donors (Lipinski definition) is 4. The topological polar surface area (TPSA) is 157 Å². The second-order valence-corrected chi connectivity index (χ2v) is 17.9. The zero-order valence-corrected chi connectivity index (χ0v) is 37.6. The van der Waals surface area contributed by atoms with Gasteiger partial charge in [0.15, 0.2) is 0 Å². The average molecular weight is 907 g/mol. The molecule has 344 valence electrons. The van der Waals surface area contributed by atoms with E-state index in [0.29, 0.717) is 0 Å². The Kier molecular flexibility index (Phi) is 13.8. The molecule has 9 rings (SSSR count). The molecular weight excluding hydrogens is 853 g/mol. The van der Waals surface area contributed by atoms with Crippen LogP contribution in [-0.2, 0) is 80.4 Å². The van der Waals surface area contributed by atoms with Gasteiger partial charge in [-0.3, -0.25) is 28.8 Å². The van der Waals surface area contributed by atoms with Gasteiger partial charge in [-0.15, -0.1) is 0 Å². The van der Waals surface area contributed by atoms with Crippen LogP contribution < -0.4 is 21.3 Å². The number of rotatable bonds is 8. The van der Waals surface area contributed by atoms with E-state index in [4.69, 9.17) is 0 Å². The summed E-state index contributed by atoms with van der Waals surface area (Å²) in [6, 6.07) is 45.6. The van der Waals surface area contributed by atoms with Crippen molar-refractivity contribution in [2.75, 3.05) is 0 Å². The van der Waals surface area contributed by atoms with Gasteiger partial charge in [0.05, 0.1) is 0 Å². The third-order valence-electron chi connectivity index (χ3n) is 13.3. The highest BCUT2D eigenvalue weighted by Gasteiger charge is 2.43. The molecule has 3 aliphatic heterocycles. The van der Waals surface area contributed by atoms with Gasteiger partial charge < -0.3 is 31.1 Å². The molecule has 3 heterocycles. The Hall–Kier alpha value is -7.86. The van der Waals surface area contributed by atoms with Gasteiger partial charge in [-0.2, -0.15) is 0 Å². The largest absolute Gasteiger partial charge is 0.342 e. The van der Waals surface area contributed by atoms with E-state index in [1.807, 2.05) is 170 Å². The van der Waals surface area contributed by atoms with Crippen molar-refractivity contribution in [3.63, 3.8) is 0 Å². The highest BCUT2D eigenvalue weighted by atomic mass is 16.2. The predicted octanol–water partition coefficient (Wildman–Crippen LogP) is 4.82. The number of amides is 6. The minimum absolute atomic E-state index is 0.0701. The Bertz CT molecular complexity index is 2580. The fraction of sp³-hybridized carbons (Fsp3) is 0.250. The van der Waals surface area contributed by atoms with Crippen molar-refractivity contribution in [1.82, 2.24) is 31.1 Å². The maximum absolute atomic E-state index is 15.3. The number of nitrogens with one attached hydrogen (secondary N) is 4. The fourth-order valence-electron chi connectivity index (χ4n) is 9.68. The molecule has 4 N–H and O–H groups in total. The molecule has 1 fully saturated rings. The molecule has 12 nitrogen and oxygen atoms in total. The van der Waals surface area contributed by atoms with Crippen LogP contribution in [0, 0.1) is 0 Å². The second kappa shape index (κ2) is 20.8. The van der Waals surface area contributed by atoms with Crippen LogP contribution in [0.15, 0.2) is 170 Å². The first-order valence-electron chi connectivity index (χ1n) is 23.3. The van der Waals surface area contributed by atoms with Crippen molar-refractivity contribution < 1.29 is 28.8 Å². The molecule has 68 heavy (non-hydrogen) atoms. The van der Waals surface area contributed by atoms with Crippen molar-refractivity contribution in [3.05, 3.63) is 214 Å². The van der Waals surface area contributed by atoms with Crippen LogP contribution in [0.2, 0.25) is 0 Å². The molecule has 0 radical (unpaired) electrons. The van der Waals surface area contributed by atoms with Crippen LogP contribution >= 0.6 is 0 Å². The van der Waals surface area contributed by atoms with Crippen LogP contribution in [0.1, 0.15) is 44.5 Å². The molecule has 6 unspecified atom stereocenters. The Morgan fingerprint density at radius 2 is 0.588 bits per heavy atom. The van der Waals surface area contributed by atoms with E-state index in [2.05, 4.69) is 21.3 Å². The van der Waals surface area contributed by atoms with Crippen LogP contribution in [0.3, 0.4) is 0 Å². The van der Waals surface area contributed by atoms with Gasteiger partial charge in [0.25, 0.3) is 0 Å². The molecule has 6 aromatic rings. The standard InChI is InChI=1S/C56H54N6O6/c63-51-45(29-37-17-5-1-6-18-37)57-53(65)49-33-41-25-13-15-27-43(41)35-61(49)56(68)48(32-40-23-11-4-12-24-40)60-52(64)46(30-38-19-7-2-8-20-38)58-54(66)50-34-42-26-14-16-28-44(42)36-62(50)55(67)47(59-51)31-39-21-9-3-10-22-39/h1-28,45-50H,29-36H2,(H,57,65)(H,58,66)(H,59,63)(H,60,64). The van der Waals surface area contributed by atoms with Gasteiger partial charge in [-0.05, 0) is 44.5 Å². The van der Waals surface area contributed by atoms with E-state index in [-0.39, 0.29) is 51.6 Å². The minimum Gasteiger partial charge on any atom is -0.342 e. The number of nitrogens with zero attached hydrogens (tertiary/aromatic N) is 2. The normalized spacial score (nSPS) is 22.4. The quantitative estimate of drug-likeness (QED) is 0.172. The molecule has 6 aromatic carbocycles. The van der Waals surface area contributed by atoms with Crippen LogP contribution in [0.25, 0.3) is 0 Å². The molecule has 3 aliphatic rings. The van der Waals surface area contributed by atoms with Crippen LogP contribution in [0.4, 0.5) is 0 Å². The first-order valence-corrected chi connectivity index (χ1v) is 23.3. The first kappa shape index (κ1) is 45.3. The molecular formula is C56H54N6O6. The van der Waals surface area contributed by atoms with Gasteiger partial charge in [0.1, 0.15) is 36.3 Å². The zero-order valence-electron chi connectivity index (χ0n) is 37.6. The lowest BCUT2D eigenvalue weighted by molar-refractivity contribution is -0.147. The van der Waals surface area contributed by atoms with Gasteiger partial charge in [-0.25, -0.2) is 0 Å². The van der Waals surface area contributed by atoms with Gasteiger partial charge in [0.2, 0.25) is 35.4 Å². The molecule has 0 spiro atoms. The van der Waals surface area contributed by atoms with E-state index in [1.54, 1.807) is 0 Å². The summed E-state index contributed by atoms with van der Waals surface area (Å²) >= 11 is 0. The molecule has 0 aliphatic carbocycles. The maximum Gasteiger partial charge on any atom is 0.246 e. The molecule has 0 saturated carbocycles. The molecule has 6 amide bonds. The molecule has 0 aromatic heterocycles. The number of benzene rings is 6. The Morgan fingerprint density at radius 3 is 0.912 bits per heavy atom. The van der Waals surface area contributed by atoms with E-state index in [9.17, 15) is 9.59 Å². The first-order chi connectivity index (χ1) is 33.2. The van der Waals surface area contributed by atoms with Crippen molar-refractivity contribution >= 4 is 35.4 Å².